The van der Waals surface area contributed by atoms with Crippen molar-refractivity contribution in [3.63, 3.8) is 0 Å². The Morgan fingerprint density at radius 2 is 2.23 bits per heavy atom. The van der Waals surface area contributed by atoms with Crippen molar-refractivity contribution >= 4 is 22.9 Å². The lowest BCUT2D eigenvalue weighted by Gasteiger charge is -2.27. The van der Waals surface area contributed by atoms with Crippen LogP contribution in [0.5, 0.6) is 0 Å². The molecule has 1 aromatic heterocycles. The van der Waals surface area contributed by atoms with E-state index in [0.717, 1.165) is 4.88 Å². The molecule has 0 fully saturated rings. The van der Waals surface area contributed by atoms with Gasteiger partial charge in [0.2, 0.25) is 0 Å². The lowest BCUT2D eigenvalue weighted by molar-refractivity contribution is -0.0748. The Bertz CT molecular complexity index is 283. The van der Waals surface area contributed by atoms with Crippen molar-refractivity contribution in [2.24, 2.45) is 0 Å². The van der Waals surface area contributed by atoms with E-state index >= 15 is 0 Å². The third-order valence-electron chi connectivity index (χ3n) is 2.22. The molecular weight excluding hydrogens is 208 g/mol. The van der Waals surface area contributed by atoms with Gasteiger partial charge in [-0.2, -0.15) is 0 Å². The predicted molar refractivity (Wildman–Crippen MR) is 55.4 cm³/mol. The summed E-state index contributed by atoms with van der Waals surface area (Å²) in [6.45, 7) is 3.55. The predicted octanol–water partition coefficient (Wildman–Crippen LogP) is 2.64. The van der Waals surface area contributed by atoms with Crippen LogP contribution in [-0.4, -0.2) is 18.3 Å². The van der Waals surface area contributed by atoms with Crippen molar-refractivity contribution in [2.45, 2.75) is 25.6 Å². The van der Waals surface area contributed by atoms with Gasteiger partial charge in [-0.1, -0.05) is 11.6 Å². The van der Waals surface area contributed by atoms with E-state index in [2.05, 4.69) is 0 Å². The van der Waals surface area contributed by atoms with Crippen molar-refractivity contribution in [3.8, 4) is 0 Å². The summed E-state index contributed by atoms with van der Waals surface area (Å²) in [5.41, 5.74) is -0.966. The Labute approximate surface area is 87.1 Å². The van der Waals surface area contributed by atoms with Gasteiger partial charge in [0.1, 0.15) is 5.60 Å². The first kappa shape index (κ1) is 11.0. The smallest absolute Gasteiger partial charge is 0.122 e. The molecule has 13 heavy (non-hydrogen) atoms. The lowest BCUT2D eigenvalue weighted by atomic mass is 9.99. The standard InChI is InChI=1S/C9H13ClO2S/c1-6(12-3)9(2,11)7-4-5-8(10)13-7/h4-6,11H,1-3H3. The summed E-state index contributed by atoms with van der Waals surface area (Å²) in [5.74, 6) is 0. The Morgan fingerprint density at radius 1 is 1.62 bits per heavy atom. The van der Waals surface area contributed by atoms with Crippen LogP contribution in [0.15, 0.2) is 12.1 Å². The fourth-order valence-corrected chi connectivity index (χ4v) is 2.18. The summed E-state index contributed by atoms with van der Waals surface area (Å²) in [5, 5.41) is 10.1. The monoisotopic (exact) mass is 220 g/mol. The number of hydrogen-bond donors (Lipinski definition) is 1. The minimum absolute atomic E-state index is 0.248. The molecule has 2 atom stereocenters. The SMILES string of the molecule is COC(C)C(C)(O)c1ccc(Cl)s1. The average molecular weight is 221 g/mol. The summed E-state index contributed by atoms with van der Waals surface area (Å²) in [6.07, 6.45) is -0.248. The summed E-state index contributed by atoms with van der Waals surface area (Å²) in [7, 11) is 1.58. The average Bonchev–Trinajstić information content (AvgIpc) is 2.50. The number of rotatable bonds is 3. The van der Waals surface area contributed by atoms with Crippen LogP contribution in [0.4, 0.5) is 0 Å². The highest BCUT2D eigenvalue weighted by atomic mass is 35.5. The van der Waals surface area contributed by atoms with Gasteiger partial charge < -0.3 is 9.84 Å². The maximum Gasteiger partial charge on any atom is 0.122 e. The van der Waals surface area contributed by atoms with E-state index in [0.29, 0.717) is 4.34 Å². The first-order valence-electron chi connectivity index (χ1n) is 3.99. The van der Waals surface area contributed by atoms with Gasteiger partial charge in [0.25, 0.3) is 0 Å². The van der Waals surface area contributed by atoms with Crippen molar-refractivity contribution in [1.82, 2.24) is 0 Å². The summed E-state index contributed by atoms with van der Waals surface area (Å²) in [4.78, 5) is 0.826. The van der Waals surface area contributed by atoms with Gasteiger partial charge in [0.15, 0.2) is 0 Å². The molecule has 4 heteroatoms. The van der Waals surface area contributed by atoms with E-state index in [9.17, 15) is 5.11 Å². The topological polar surface area (TPSA) is 29.5 Å². The molecule has 1 rings (SSSR count). The quantitative estimate of drug-likeness (QED) is 0.849. The van der Waals surface area contributed by atoms with Crippen LogP contribution in [0.3, 0.4) is 0 Å². The fourth-order valence-electron chi connectivity index (χ4n) is 1.02. The number of methoxy groups -OCH3 is 1. The minimum atomic E-state index is -0.966. The normalized spacial score (nSPS) is 18.2. The molecule has 74 valence electrons. The zero-order chi connectivity index (χ0) is 10.1. The molecule has 1 N–H and O–H groups in total. The molecule has 0 saturated carbocycles. The van der Waals surface area contributed by atoms with Crippen LogP contribution in [0.25, 0.3) is 0 Å². The molecule has 0 aliphatic heterocycles. The third-order valence-corrected chi connectivity index (χ3v) is 3.67. The Morgan fingerprint density at radius 3 is 2.62 bits per heavy atom. The van der Waals surface area contributed by atoms with E-state index in [1.54, 1.807) is 20.1 Å². The first-order valence-corrected chi connectivity index (χ1v) is 5.19. The van der Waals surface area contributed by atoms with Gasteiger partial charge in [0, 0.05) is 12.0 Å². The maximum absolute atomic E-state index is 10.1. The highest BCUT2D eigenvalue weighted by Crippen LogP contribution is 2.33. The molecule has 0 aliphatic rings. The molecule has 0 radical (unpaired) electrons. The Balaban J connectivity index is 2.92. The number of aliphatic hydroxyl groups is 1. The number of thiophene rings is 1. The van der Waals surface area contributed by atoms with E-state index < -0.39 is 5.60 Å². The van der Waals surface area contributed by atoms with E-state index in [1.165, 1.54) is 11.3 Å². The Kier molecular flexibility index (Phi) is 3.35. The molecular formula is C9H13ClO2S. The molecule has 2 unspecified atom stereocenters. The molecule has 0 aliphatic carbocycles. The van der Waals surface area contributed by atoms with Gasteiger partial charge in [0.05, 0.1) is 10.4 Å². The van der Waals surface area contributed by atoms with Crippen LogP contribution in [0.1, 0.15) is 18.7 Å². The summed E-state index contributed by atoms with van der Waals surface area (Å²) < 4.78 is 5.77. The van der Waals surface area contributed by atoms with Gasteiger partial charge in [-0.15, -0.1) is 11.3 Å². The molecule has 0 amide bonds. The Hall–Kier alpha value is -0.0900. The molecule has 2 nitrogen and oxygen atoms in total. The van der Waals surface area contributed by atoms with E-state index in [1.807, 2.05) is 13.0 Å². The van der Waals surface area contributed by atoms with Gasteiger partial charge in [-0.25, -0.2) is 0 Å². The van der Waals surface area contributed by atoms with Crippen molar-refractivity contribution in [1.29, 1.82) is 0 Å². The van der Waals surface area contributed by atoms with E-state index in [4.69, 9.17) is 16.3 Å². The second kappa shape index (κ2) is 3.96. The zero-order valence-electron chi connectivity index (χ0n) is 7.87. The second-order valence-corrected chi connectivity index (χ2v) is 4.84. The van der Waals surface area contributed by atoms with Gasteiger partial charge in [-0.3, -0.25) is 0 Å². The highest BCUT2D eigenvalue weighted by molar-refractivity contribution is 7.16. The largest absolute Gasteiger partial charge is 0.382 e. The summed E-state index contributed by atoms with van der Waals surface area (Å²) in [6, 6.07) is 3.60. The second-order valence-electron chi connectivity index (χ2n) is 3.13. The van der Waals surface area contributed by atoms with Crippen LogP contribution >= 0.6 is 22.9 Å². The van der Waals surface area contributed by atoms with Crippen LogP contribution in [0.2, 0.25) is 4.34 Å². The maximum atomic E-state index is 10.1. The van der Waals surface area contributed by atoms with Crippen LogP contribution in [-0.2, 0) is 10.3 Å². The number of ether oxygens (including phenoxy) is 1. The molecule has 0 aromatic carbocycles. The molecule has 1 aromatic rings. The van der Waals surface area contributed by atoms with Crippen molar-refractivity contribution in [3.05, 3.63) is 21.3 Å². The molecule has 0 spiro atoms. The number of halogens is 1. The highest BCUT2D eigenvalue weighted by Gasteiger charge is 2.31. The molecule has 0 saturated heterocycles. The van der Waals surface area contributed by atoms with Crippen molar-refractivity contribution in [2.75, 3.05) is 7.11 Å². The molecule has 1 heterocycles. The molecule has 0 bridgehead atoms. The third kappa shape index (κ3) is 2.23. The number of hydrogen-bond acceptors (Lipinski definition) is 3. The first-order chi connectivity index (χ1) is 5.98. The van der Waals surface area contributed by atoms with Crippen LogP contribution < -0.4 is 0 Å². The lowest BCUT2D eigenvalue weighted by Crippen LogP contribution is -2.34. The minimum Gasteiger partial charge on any atom is -0.382 e. The van der Waals surface area contributed by atoms with Gasteiger partial charge in [-0.05, 0) is 26.0 Å². The van der Waals surface area contributed by atoms with Crippen LogP contribution in [0, 0.1) is 0 Å². The van der Waals surface area contributed by atoms with E-state index in [-0.39, 0.29) is 6.10 Å². The van der Waals surface area contributed by atoms with Crippen molar-refractivity contribution < 1.29 is 9.84 Å². The summed E-state index contributed by atoms with van der Waals surface area (Å²) >= 11 is 7.15. The zero-order valence-corrected chi connectivity index (χ0v) is 9.45. The van der Waals surface area contributed by atoms with Gasteiger partial charge >= 0.3 is 0 Å². The fraction of sp³-hybridized carbons (Fsp3) is 0.556.